The van der Waals surface area contributed by atoms with Crippen molar-refractivity contribution in [1.82, 2.24) is 15.0 Å². The molecule has 1 rings (SSSR count). The smallest absolute Gasteiger partial charge is 0.231 e. The molecule has 0 amide bonds. The maximum atomic E-state index is 9.64. The second-order valence-electron chi connectivity index (χ2n) is 4.57. The number of hydrogen-bond acceptors (Lipinski definition) is 6. The van der Waals surface area contributed by atoms with E-state index in [1.165, 1.54) is 0 Å². The van der Waals surface area contributed by atoms with Crippen LogP contribution < -0.4 is 10.2 Å². The van der Waals surface area contributed by atoms with Crippen molar-refractivity contribution in [2.24, 2.45) is 0 Å². The van der Waals surface area contributed by atoms with E-state index in [9.17, 15) is 5.11 Å². The van der Waals surface area contributed by atoms with Gasteiger partial charge in [-0.1, -0.05) is 0 Å². The first-order chi connectivity index (χ1) is 8.35. The predicted octanol–water partition coefficient (Wildman–Crippen LogP) is 1.55. The molecular formula is C11H20ClN5O. The topological polar surface area (TPSA) is 74.2 Å². The number of nitrogens with one attached hydrogen (secondary N) is 1. The summed E-state index contributed by atoms with van der Waals surface area (Å²) >= 11 is 5.87. The molecule has 7 heteroatoms. The fourth-order valence-corrected chi connectivity index (χ4v) is 1.52. The highest BCUT2D eigenvalue weighted by molar-refractivity contribution is 6.28. The normalized spacial score (nSPS) is 11.4. The summed E-state index contributed by atoms with van der Waals surface area (Å²) < 4.78 is 0. The van der Waals surface area contributed by atoms with E-state index in [-0.39, 0.29) is 5.28 Å². The largest absolute Gasteiger partial charge is 0.389 e. The molecule has 0 spiro atoms. The van der Waals surface area contributed by atoms with Gasteiger partial charge in [-0.25, -0.2) is 0 Å². The molecule has 0 aromatic carbocycles. The van der Waals surface area contributed by atoms with E-state index in [0.717, 1.165) is 13.1 Å². The molecule has 0 bridgehead atoms. The third kappa shape index (κ3) is 4.62. The van der Waals surface area contributed by atoms with Gasteiger partial charge in [-0.3, -0.25) is 0 Å². The number of hydrogen-bond donors (Lipinski definition) is 2. The van der Waals surface area contributed by atoms with Crippen molar-refractivity contribution in [3.05, 3.63) is 5.28 Å². The minimum atomic E-state index is -0.839. The molecule has 0 radical (unpaired) electrons. The van der Waals surface area contributed by atoms with E-state index in [1.807, 2.05) is 18.7 Å². The van der Waals surface area contributed by atoms with E-state index in [0.29, 0.717) is 18.4 Å². The average Bonchev–Trinajstić information content (AvgIpc) is 2.26. The number of anilines is 2. The second kappa shape index (κ2) is 6.15. The zero-order valence-electron chi connectivity index (χ0n) is 11.2. The first-order valence-electron chi connectivity index (χ1n) is 5.98. The van der Waals surface area contributed by atoms with Crippen LogP contribution >= 0.6 is 11.6 Å². The van der Waals surface area contributed by atoms with Gasteiger partial charge in [0.15, 0.2) is 0 Å². The van der Waals surface area contributed by atoms with Gasteiger partial charge in [0.2, 0.25) is 17.2 Å². The third-order valence-corrected chi connectivity index (χ3v) is 2.49. The molecule has 0 fully saturated rings. The SMILES string of the molecule is CCN(CC)c1nc(Cl)nc(NCC(C)(C)O)n1. The Balaban J connectivity index is 2.87. The lowest BCUT2D eigenvalue weighted by molar-refractivity contribution is 0.0943. The number of aliphatic hydroxyl groups is 1. The lowest BCUT2D eigenvalue weighted by Gasteiger charge is -2.20. The van der Waals surface area contributed by atoms with Crippen LogP contribution in [0.2, 0.25) is 5.28 Å². The Morgan fingerprint density at radius 3 is 2.33 bits per heavy atom. The van der Waals surface area contributed by atoms with Gasteiger partial charge in [0.25, 0.3) is 0 Å². The third-order valence-electron chi connectivity index (χ3n) is 2.32. The summed E-state index contributed by atoms with van der Waals surface area (Å²) in [7, 11) is 0. The zero-order valence-corrected chi connectivity index (χ0v) is 12.0. The average molecular weight is 274 g/mol. The molecule has 0 atom stereocenters. The molecule has 1 aromatic heterocycles. The molecule has 18 heavy (non-hydrogen) atoms. The fraction of sp³-hybridized carbons (Fsp3) is 0.727. The minimum Gasteiger partial charge on any atom is -0.389 e. The van der Waals surface area contributed by atoms with Gasteiger partial charge in [0.1, 0.15) is 0 Å². The summed E-state index contributed by atoms with van der Waals surface area (Å²) in [6, 6.07) is 0. The van der Waals surface area contributed by atoms with E-state index in [1.54, 1.807) is 13.8 Å². The lowest BCUT2D eigenvalue weighted by Crippen LogP contribution is -2.30. The van der Waals surface area contributed by atoms with E-state index >= 15 is 0 Å². The number of nitrogens with zero attached hydrogens (tertiary/aromatic N) is 4. The molecule has 0 aliphatic heterocycles. The first kappa shape index (κ1) is 14.9. The van der Waals surface area contributed by atoms with Crippen LogP contribution in [0.3, 0.4) is 0 Å². The van der Waals surface area contributed by atoms with Crippen LogP contribution in [-0.2, 0) is 0 Å². The van der Waals surface area contributed by atoms with Crippen LogP contribution in [0.4, 0.5) is 11.9 Å². The maximum Gasteiger partial charge on any atom is 0.231 e. The van der Waals surface area contributed by atoms with Gasteiger partial charge in [0, 0.05) is 19.6 Å². The second-order valence-corrected chi connectivity index (χ2v) is 4.90. The molecule has 2 N–H and O–H groups in total. The predicted molar refractivity (Wildman–Crippen MR) is 73.2 cm³/mol. The van der Waals surface area contributed by atoms with Gasteiger partial charge >= 0.3 is 0 Å². The maximum absolute atomic E-state index is 9.64. The highest BCUT2D eigenvalue weighted by atomic mass is 35.5. The van der Waals surface area contributed by atoms with Crippen LogP contribution in [0.5, 0.6) is 0 Å². The van der Waals surface area contributed by atoms with E-state index in [4.69, 9.17) is 11.6 Å². The summed E-state index contributed by atoms with van der Waals surface area (Å²) in [6.07, 6.45) is 0. The van der Waals surface area contributed by atoms with Gasteiger partial charge in [0.05, 0.1) is 5.60 Å². The highest BCUT2D eigenvalue weighted by Crippen LogP contribution is 2.14. The zero-order chi connectivity index (χ0) is 13.8. The quantitative estimate of drug-likeness (QED) is 0.819. The van der Waals surface area contributed by atoms with Crippen molar-refractivity contribution in [2.75, 3.05) is 29.9 Å². The van der Waals surface area contributed by atoms with Crippen LogP contribution in [0, 0.1) is 0 Å². The Hall–Kier alpha value is -1.14. The van der Waals surface area contributed by atoms with Crippen molar-refractivity contribution in [1.29, 1.82) is 0 Å². The van der Waals surface area contributed by atoms with Gasteiger partial charge in [-0.15, -0.1) is 0 Å². The molecule has 0 saturated carbocycles. The molecule has 0 aliphatic carbocycles. The molecule has 0 saturated heterocycles. The summed E-state index contributed by atoms with van der Waals surface area (Å²) in [5.41, 5.74) is -0.839. The highest BCUT2D eigenvalue weighted by Gasteiger charge is 2.14. The summed E-state index contributed by atoms with van der Waals surface area (Å²) in [6.45, 7) is 9.37. The van der Waals surface area contributed by atoms with Crippen LogP contribution in [0.1, 0.15) is 27.7 Å². The number of rotatable bonds is 6. The molecule has 102 valence electrons. The van der Waals surface area contributed by atoms with Crippen LogP contribution in [0.15, 0.2) is 0 Å². The molecule has 1 aromatic rings. The van der Waals surface area contributed by atoms with E-state index in [2.05, 4.69) is 20.3 Å². The first-order valence-corrected chi connectivity index (χ1v) is 6.36. The summed E-state index contributed by atoms with van der Waals surface area (Å²) in [5, 5.41) is 12.7. The minimum absolute atomic E-state index is 0.144. The number of aromatic nitrogens is 3. The fourth-order valence-electron chi connectivity index (χ4n) is 1.36. The Morgan fingerprint density at radius 1 is 1.22 bits per heavy atom. The molecule has 1 heterocycles. The van der Waals surface area contributed by atoms with Crippen LogP contribution in [0.25, 0.3) is 0 Å². The van der Waals surface area contributed by atoms with Crippen molar-refractivity contribution in [3.63, 3.8) is 0 Å². The van der Waals surface area contributed by atoms with Crippen LogP contribution in [-0.4, -0.2) is 45.3 Å². The molecule has 0 aliphatic rings. The lowest BCUT2D eigenvalue weighted by atomic mass is 10.1. The van der Waals surface area contributed by atoms with Crippen molar-refractivity contribution >= 4 is 23.5 Å². The van der Waals surface area contributed by atoms with Gasteiger partial charge in [-0.05, 0) is 39.3 Å². The van der Waals surface area contributed by atoms with E-state index < -0.39 is 5.60 Å². The Labute approximate surface area is 112 Å². The van der Waals surface area contributed by atoms with Crippen molar-refractivity contribution in [3.8, 4) is 0 Å². The summed E-state index contributed by atoms with van der Waals surface area (Å²) in [5.74, 6) is 0.914. The number of halogens is 1. The Morgan fingerprint density at radius 2 is 1.83 bits per heavy atom. The van der Waals surface area contributed by atoms with Gasteiger partial charge in [-0.2, -0.15) is 15.0 Å². The Bertz CT molecular complexity index is 390. The monoisotopic (exact) mass is 273 g/mol. The molecular weight excluding hydrogens is 254 g/mol. The Kier molecular flexibility index (Phi) is 5.10. The summed E-state index contributed by atoms with van der Waals surface area (Å²) in [4.78, 5) is 14.3. The standard InChI is InChI=1S/C11H20ClN5O/c1-5-17(6-2)10-15-8(12)14-9(16-10)13-7-11(3,4)18/h18H,5-7H2,1-4H3,(H,13,14,15,16). The molecule has 6 nitrogen and oxygen atoms in total. The van der Waals surface area contributed by atoms with Crippen molar-refractivity contribution < 1.29 is 5.11 Å². The van der Waals surface area contributed by atoms with Gasteiger partial charge < -0.3 is 15.3 Å². The molecule has 0 unspecified atom stereocenters. The van der Waals surface area contributed by atoms with Crippen molar-refractivity contribution in [2.45, 2.75) is 33.3 Å².